The number of fused-ring (bicyclic) bond motifs is 2. The fourth-order valence-electron chi connectivity index (χ4n) is 5.32. The largest absolute Gasteiger partial charge is 0.339 e. The molecule has 4 aliphatic rings. The predicted molar refractivity (Wildman–Crippen MR) is 109 cm³/mol. The second-order valence-electron chi connectivity index (χ2n) is 8.62. The van der Waals surface area contributed by atoms with Gasteiger partial charge in [-0.3, -0.25) is 4.79 Å². The molecule has 3 atom stereocenters. The van der Waals surface area contributed by atoms with E-state index >= 15 is 0 Å². The number of rotatable bonds is 3. The van der Waals surface area contributed by atoms with E-state index in [1.807, 2.05) is 0 Å². The minimum atomic E-state index is 0.301. The van der Waals surface area contributed by atoms with Gasteiger partial charge in [-0.15, -0.1) is 0 Å². The molecule has 3 nitrogen and oxygen atoms in total. The number of benzene rings is 2. The lowest BCUT2D eigenvalue weighted by molar-refractivity contribution is -0.140. The Labute approximate surface area is 161 Å². The number of carbonyl (C=O) groups is 1. The monoisotopic (exact) mass is 360 g/mol. The van der Waals surface area contributed by atoms with Crippen LogP contribution in [0.15, 0.2) is 48.5 Å². The van der Waals surface area contributed by atoms with Gasteiger partial charge in [0.2, 0.25) is 5.91 Å². The molecule has 27 heavy (non-hydrogen) atoms. The highest BCUT2D eigenvalue weighted by Crippen LogP contribution is 2.39. The Morgan fingerprint density at radius 1 is 0.963 bits per heavy atom. The van der Waals surface area contributed by atoms with Crippen LogP contribution >= 0.6 is 0 Å². The molecule has 140 valence electrons. The summed E-state index contributed by atoms with van der Waals surface area (Å²) in [7, 11) is 0. The molecule has 1 aliphatic carbocycles. The quantitative estimate of drug-likeness (QED) is 0.893. The van der Waals surface area contributed by atoms with Gasteiger partial charge in [0.05, 0.1) is 0 Å². The van der Waals surface area contributed by atoms with Crippen LogP contribution in [0.5, 0.6) is 0 Å². The third kappa shape index (κ3) is 3.08. The summed E-state index contributed by atoms with van der Waals surface area (Å²) in [6.45, 7) is 3.88. The van der Waals surface area contributed by atoms with Crippen molar-refractivity contribution < 1.29 is 4.79 Å². The van der Waals surface area contributed by atoms with Crippen LogP contribution in [0.2, 0.25) is 0 Å². The fourth-order valence-corrected chi connectivity index (χ4v) is 5.32. The maximum absolute atomic E-state index is 12.7. The van der Waals surface area contributed by atoms with Crippen molar-refractivity contribution in [3.05, 3.63) is 59.7 Å². The molecule has 0 radical (unpaired) electrons. The van der Waals surface area contributed by atoms with Crippen molar-refractivity contribution in [2.45, 2.75) is 50.6 Å². The van der Waals surface area contributed by atoms with Crippen LogP contribution in [-0.2, 0) is 4.79 Å². The zero-order valence-corrected chi connectivity index (χ0v) is 16.0. The van der Waals surface area contributed by atoms with Gasteiger partial charge >= 0.3 is 0 Å². The summed E-state index contributed by atoms with van der Waals surface area (Å²) in [5, 5.41) is 3.66. The highest BCUT2D eigenvalue weighted by atomic mass is 16.2. The van der Waals surface area contributed by atoms with Crippen molar-refractivity contribution in [2.75, 3.05) is 13.1 Å². The molecular weight excluding hydrogens is 332 g/mol. The second kappa shape index (κ2) is 6.79. The van der Waals surface area contributed by atoms with Gasteiger partial charge in [-0.25, -0.2) is 0 Å². The summed E-state index contributed by atoms with van der Waals surface area (Å²) in [4.78, 5) is 14.9. The van der Waals surface area contributed by atoms with Gasteiger partial charge in [0.25, 0.3) is 0 Å². The molecule has 1 N–H and O–H groups in total. The van der Waals surface area contributed by atoms with Crippen molar-refractivity contribution in [3.8, 4) is 11.1 Å². The number of nitrogens with zero attached hydrogens (tertiary/aromatic N) is 1. The van der Waals surface area contributed by atoms with E-state index in [0.717, 1.165) is 25.9 Å². The molecule has 1 saturated carbocycles. The Bertz CT molecular complexity index is 826. The van der Waals surface area contributed by atoms with Gasteiger partial charge in [0.15, 0.2) is 0 Å². The summed E-state index contributed by atoms with van der Waals surface area (Å²) in [6, 6.07) is 18.6. The smallest absolute Gasteiger partial charge is 0.225 e. The Balaban J connectivity index is 1.28. The molecule has 0 aromatic heterocycles. The summed E-state index contributed by atoms with van der Waals surface area (Å²) >= 11 is 0. The maximum atomic E-state index is 12.7. The molecule has 2 aromatic carbocycles. The minimum Gasteiger partial charge on any atom is -0.339 e. The van der Waals surface area contributed by atoms with E-state index in [2.05, 4.69) is 65.7 Å². The van der Waals surface area contributed by atoms with E-state index in [1.165, 1.54) is 35.1 Å². The third-order valence-electron chi connectivity index (χ3n) is 6.79. The lowest BCUT2D eigenvalue weighted by atomic mass is 9.73. The van der Waals surface area contributed by atoms with Crippen LogP contribution in [0.4, 0.5) is 0 Å². The van der Waals surface area contributed by atoms with E-state index in [1.54, 1.807) is 0 Å². The number of carbonyl (C=O) groups excluding carboxylic acids is 1. The zero-order chi connectivity index (χ0) is 18.4. The van der Waals surface area contributed by atoms with Gasteiger partial charge in [0, 0.05) is 37.0 Å². The number of piperazine rings is 1. The summed E-state index contributed by atoms with van der Waals surface area (Å²) < 4.78 is 0. The number of hydrogen-bond donors (Lipinski definition) is 1. The Kier molecular flexibility index (Phi) is 4.28. The standard InChI is InChI=1S/C24H28N2O/c1-16-5-4-8-20(13-16)17-9-11-18(12-10-17)23-21-14-26(15-22(23)25-21)24(27)19-6-2-3-7-19/h4-5,8-13,19,21-23,25H,2-3,6-7,14-15H2,1H3/t21-,22+,23?. The molecule has 3 aliphatic heterocycles. The van der Waals surface area contributed by atoms with E-state index in [-0.39, 0.29) is 0 Å². The van der Waals surface area contributed by atoms with Crippen molar-refractivity contribution in [2.24, 2.45) is 5.92 Å². The first-order chi connectivity index (χ1) is 13.2. The fraction of sp³-hybridized carbons (Fsp3) is 0.458. The molecule has 3 heterocycles. The average Bonchev–Trinajstić information content (AvgIpc) is 3.23. The molecule has 0 spiro atoms. The first-order valence-electron chi connectivity index (χ1n) is 10.4. The highest BCUT2D eigenvalue weighted by Gasteiger charge is 2.48. The number of piperidine rings is 1. The van der Waals surface area contributed by atoms with Crippen molar-refractivity contribution in [3.63, 3.8) is 0 Å². The van der Waals surface area contributed by atoms with Crippen LogP contribution < -0.4 is 5.32 Å². The molecule has 4 fully saturated rings. The third-order valence-corrected chi connectivity index (χ3v) is 6.79. The number of nitrogens with one attached hydrogen (secondary N) is 1. The van der Waals surface area contributed by atoms with Crippen LogP contribution in [0.25, 0.3) is 11.1 Å². The molecule has 3 heteroatoms. The van der Waals surface area contributed by atoms with Crippen molar-refractivity contribution in [1.29, 1.82) is 0 Å². The van der Waals surface area contributed by atoms with Crippen LogP contribution in [0.3, 0.4) is 0 Å². The molecule has 2 bridgehead atoms. The van der Waals surface area contributed by atoms with Gasteiger partial charge in [-0.05, 0) is 36.5 Å². The van der Waals surface area contributed by atoms with Crippen LogP contribution in [-0.4, -0.2) is 36.0 Å². The molecule has 6 rings (SSSR count). The normalized spacial score (nSPS) is 27.4. The lowest BCUT2D eigenvalue weighted by Crippen LogP contribution is -2.72. The number of amides is 1. The molecule has 2 aromatic rings. The van der Waals surface area contributed by atoms with Gasteiger partial charge in [0.1, 0.15) is 0 Å². The van der Waals surface area contributed by atoms with Crippen molar-refractivity contribution >= 4 is 5.91 Å². The van der Waals surface area contributed by atoms with Crippen molar-refractivity contribution in [1.82, 2.24) is 10.2 Å². The van der Waals surface area contributed by atoms with E-state index in [4.69, 9.17) is 0 Å². The summed E-state index contributed by atoms with van der Waals surface area (Å²) in [5.41, 5.74) is 5.26. The molecule has 1 unspecified atom stereocenters. The van der Waals surface area contributed by atoms with Gasteiger partial charge in [-0.1, -0.05) is 66.9 Å². The van der Waals surface area contributed by atoms with E-state index in [9.17, 15) is 4.79 Å². The van der Waals surface area contributed by atoms with E-state index in [0.29, 0.717) is 29.8 Å². The Morgan fingerprint density at radius 2 is 1.67 bits per heavy atom. The predicted octanol–water partition coefficient (Wildman–Crippen LogP) is 4.12. The summed E-state index contributed by atoms with van der Waals surface area (Å²) in [6.07, 6.45) is 4.65. The average molecular weight is 361 g/mol. The van der Waals surface area contributed by atoms with Crippen LogP contribution in [0, 0.1) is 12.8 Å². The zero-order valence-electron chi connectivity index (χ0n) is 16.0. The first kappa shape index (κ1) is 17.0. The molecular formula is C24H28N2O. The topological polar surface area (TPSA) is 32.3 Å². The van der Waals surface area contributed by atoms with Gasteiger partial charge in [-0.2, -0.15) is 0 Å². The SMILES string of the molecule is Cc1cccc(-c2ccc(C3[C@@H]4CN(C(=O)C5CCCC5)C[C@H]3N4)cc2)c1. The minimum absolute atomic E-state index is 0.301. The molecule has 3 saturated heterocycles. The van der Waals surface area contributed by atoms with Gasteiger partial charge < -0.3 is 10.2 Å². The first-order valence-corrected chi connectivity index (χ1v) is 10.4. The van der Waals surface area contributed by atoms with Crippen LogP contribution in [0.1, 0.15) is 42.7 Å². The Hall–Kier alpha value is -2.13. The summed E-state index contributed by atoms with van der Waals surface area (Å²) in [5.74, 6) is 1.26. The number of hydrogen-bond acceptors (Lipinski definition) is 2. The maximum Gasteiger partial charge on any atom is 0.225 e. The Morgan fingerprint density at radius 3 is 2.33 bits per heavy atom. The highest BCUT2D eigenvalue weighted by molar-refractivity contribution is 5.79. The molecule has 1 amide bonds. The number of aryl methyl sites for hydroxylation is 1. The second-order valence-corrected chi connectivity index (χ2v) is 8.62. The lowest BCUT2D eigenvalue weighted by Gasteiger charge is -2.55. The van der Waals surface area contributed by atoms with E-state index < -0.39 is 0 Å².